The smallest absolute Gasteiger partial charge is 0.316 e. The Labute approximate surface area is 117 Å². The van der Waals surface area contributed by atoms with Crippen molar-refractivity contribution in [3.8, 4) is 5.75 Å². The molecule has 1 aromatic carbocycles. The minimum atomic E-state index is -0.732. The highest BCUT2D eigenvalue weighted by atomic mass is 35.5. The van der Waals surface area contributed by atoms with Gasteiger partial charge in [0.15, 0.2) is 0 Å². The lowest BCUT2D eigenvalue weighted by atomic mass is 9.84. The number of carbonyl (C=O) groups is 1. The molecule has 0 saturated carbocycles. The van der Waals surface area contributed by atoms with Crippen LogP contribution in [0.3, 0.4) is 0 Å². The van der Waals surface area contributed by atoms with Crippen LogP contribution in [0, 0.1) is 0 Å². The van der Waals surface area contributed by atoms with Gasteiger partial charge in [0.2, 0.25) is 0 Å². The number of fused-ring (bicyclic) bond motifs is 1. The van der Waals surface area contributed by atoms with E-state index in [-0.39, 0.29) is 24.2 Å². The molecule has 0 spiro atoms. The van der Waals surface area contributed by atoms with E-state index in [4.69, 9.17) is 5.73 Å². The van der Waals surface area contributed by atoms with E-state index in [1.54, 1.807) is 13.1 Å². The number of benzene rings is 1. The second kappa shape index (κ2) is 6.10. The second-order valence-corrected chi connectivity index (χ2v) is 4.40. The molecule has 6 N–H and O–H groups in total. The van der Waals surface area contributed by atoms with Crippen LogP contribution < -0.4 is 16.4 Å². The predicted molar refractivity (Wildman–Crippen MR) is 74.7 cm³/mol. The number of aliphatic hydroxyl groups is 1. The van der Waals surface area contributed by atoms with Gasteiger partial charge in [-0.05, 0) is 37.1 Å². The van der Waals surface area contributed by atoms with Crippen LogP contribution in [0.5, 0.6) is 5.75 Å². The summed E-state index contributed by atoms with van der Waals surface area (Å²) in [6.45, 7) is 0. The first kappa shape index (κ1) is 15.6. The van der Waals surface area contributed by atoms with Crippen LogP contribution in [0.25, 0.3) is 0 Å². The summed E-state index contributed by atoms with van der Waals surface area (Å²) < 4.78 is 0. The van der Waals surface area contributed by atoms with Crippen molar-refractivity contribution in [2.75, 3.05) is 12.4 Å². The van der Waals surface area contributed by atoms with Crippen molar-refractivity contribution in [2.45, 2.75) is 25.0 Å². The van der Waals surface area contributed by atoms with Crippen molar-refractivity contribution in [3.63, 3.8) is 0 Å². The lowest BCUT2D eigenvalue weighted by Crippen LogP contribution is -2.36. The number of primary amides is 1. The molecule has 0 bridgehead atoms. The molecule has 0 heterocycles. The number of nitrogens with one attached hydrogen (secondary N) is 2. The number of nitrogens with two attached hydrogens (primary N) is 1. The fourth-order valence-corrected chi connectivity index (χ4v) is 2.44. The zero-order chi connectivity index (χ0) is 13.3. The van der Waals surface area contributed by atoms with Crippen LogP contribution in [-0.2, 0) is 6.42 Å². The van der Waals surface area contributed by atoms with Crippen molar-refractivity contribution in [1.29, 1.82) is 0 Å². The van der Waals surface area contributed by atoms with Crippen LogP contribution in [0.4, 0.5) is 10.5 Å². The lowest BCUT2D eigenvalue weighted by molar-refractivity contribution is 0.119. The molecule has 2 atom stereocenters. The highest BCUT2D eigenvalue weighted by Crippen LogP contribution is 2.38. The molecule has 1 aliphatic rings. The Morgan fingerprint density at radius 3 is 2.74 bits per heavy atom. The number of halogens is 1. The van der Waals surface area contributed by atoms with E-state index in [2.05, 4.69) is 10.6 Å². The number of urea groups is 1. The predicted octanol–water partition coefficient (Wildman–Crippen LogP) is 0.872. The molecule has 7 heteroatoms. The van der Waals surface area contributed by atoms with E-state index in [0.29, 0.717) is 17.7 Å². The van der Waals surface area contributed by atoms with Gasteiger partial charge < -0.3 is 26.6 Å². The van der Waals surface area contributed by atoms with Crippen molar-refractivity contribution in [1.82, 2.24) is 5.32 Å². The largest absolute Gasteiger partial charge is 0.506 e. The third kappa shape index (κ3) is 2.91. The van der Waals surface area contributed by atoms with Crippen LogP contribution in [0.15, 0.2) is 12.1 Å². The van der Waals surface area contributed by atoms with Crippen LogP contribution in [0.1, 0.15) is 23.7 Å². The summed E-state index contributed by atoms with van der Waals surface area (Å²) in [6.07, 6.45) is 0.719. The number of likely N-dealkylation sites (N-methyl/N-ethyl adjacent to an activating group) is 1. The summed E-state index contributed by atoms with van der Waals surface area (Å²) in [4.78, 5) is 10.9. The SMILES string of the molecule is CN[C@H]1CCc2c(ccc(O)c2NC(N)=O)[C@H]1O.Cl. The standard InChI is InChI=1S/C12H17N3O3.ClH/c1-14-8-4-2-6-7(11(8)17)3-5-9(16)10(6)15-12(13)18;/h3,5,8,11,14,16-17H,2,4H2,1H3,(H3,13,15,18);1H/t8-,11+;/m0./s1. The molecule has 0 saturated heterocycles. The number of hydrogen-bond donors (Lipinski definition) is 5. The Bertz CT molecular complexity index is 482. The van der Waals surface area contributed by atoms with Gasteiger partial charge in [-0.1, -0.05) is 6.07 Å². The molecule has 19 heavy (non-hydrogen) atoms. The molecule has 0 fully saturated rings. The van der Waals surface area contributed by atoms with Gasteiger partial charge in [0.1, 0.15) is 5.75 Å². The summed E-state index contributed by atoms with van der Waals surface area (Å²) in [7, 11) is 1.79. The second-order valence-electron chi connectivity index (χ2n) is 4.40. The average molecular weight is 288 g/mol. The molecule has 106 valence electrons. The van der Waals surface area contributed by atoms with Gasteiger partial charge in [-0.3, -0.25) is 0 Å². The Kier molecular flexibility index (Phi) is 4.99. The Morgan fingerprint density at radius 2 is 2.16 bits per heavy atom. The maximum Gasteiger partial charge on any atom is 0.316 e. The monoisotopic (exact) mass is 287 g/mol. The van der Waals surface area contributed by atoms with Gasteiger partial charge in [0.25, 0.3) is 0 Å². The van der Waals surface area contributed by atoms with Crippen molar-refractivity contribution in [2.24, 2.45) is 5.73 Å². The molecule has 2 rings (SSSR count). The van der Waals surface area contributed by atoms with Gasteiger partial charge in [-0.25, -0.2) is 4.79 Å². The Balaban J connectivity index is 0.00000180. The molecule has 1 aliphatic carbocycles. The summed E-state index contributed by atoms with van der Waals surface area (Å²) in [5, 5.41) is 25.4. The molecule has 0 radical (unpaired) electrons. The quantitative estimate of drug-likeness (QED) is 0.520. The van der Waals surface area contributed by atoms with Crippen molar-refractivity contribution in [3.05, 3.63) is 23.3 Å². The first-order chi connectivity index (χ1) is 8.54. The number of aliphatic hydroxyl groups excluding tert-OH is 1. The molecule has 2 amide bonds. The number of hydrogen-bond acceptors (Lipinski definition) is 4. The fourth-order valence-electron chi connectivity index (χ4n) is 2.44. The third-order valence-electron chi connectivity index (χ3n) is 3.35. The van der Waals surface area contributed by atoms with Crippen LogP contribution >= 0.6 is 12.4 Å². The number of carbonyl (C=O) groups excluding carboxylic acids is 1. The maximum atomic E-state index is 10.9. The minimum Gasteiger partial charge on any atom is -0.506 e. The van der Waals surface area contributed by atoms with Crippen LogP contribution in [0.2, 0.25) is 0 Å². The summed E-state index contributed by atoms with van der Waals surface area (Å²) in [5.74, 6) is -0.0392. The molecular weight excluding hydrogens is 270 g/mol. The molecular formula is C12H18ClN3O3. The molecule has 0 aromatic heterocycles. The average Bonchev–Trinajstić information content (AvgIpc) is 2.33. The summed E-state index contributed by atoms with van der Waals surface area (Å²) in [5.41, 5.74) is 6.83. The molecule has 6 nitrogen and oxygen atoms in total. The zero-order valence-electron chi connectivity index (χ0n) is 10.5. The van der Waals surface area contributed by atoms with Gasteiger partial charge >= 0.3 is 6.03 Å². The van der Waals surface area contributed by atoms with E-state index in [0.717, 1.165) is 12.0 Å². The highest BCUT2D eigenvalue weighted by Gasteiger charge is 2.29. The van der Waals surface area contributed by atoms with Crippen molar-refractivity contribution >= 4 is 24.1 Å². The van der Waals surface area contributed by atoms with Gasteiger partial charge in [0, 0.05) is 6.04 Å². The summed E-state index contributed by atoms with van der Waals surface area (Å²) >= 11 is 0. The molecule has 1 aromatic rings. The first-order valence-corrected chi connectivity index (χ1v) is 5.81. The number of rotatable bonds is 2. The van der Waals surface area contributed by atoms with Gasteiger partial charge in [-0.15, -0.1) is 12.4 Å². The van der Waals surface area contributed by atoms with E-state index >= 15 is 0 Å². The number of phenols is 1. The molecule has 0 aliphatic heterocycles. The first-order valence-electron chi connectivity index (χ1n) is 5.81. The number of aromatic hydroxyl groups is 1. The fraction of sp³-hybridized carbons (Fsp3) is 0.417. The topological polar surface area (TPSA) is 108 Å². The number of phenolic OH excluding ortho intramolecular Hbond substituents is 1. The van der Waals surface area contributed by atoms with E-state index < -0.39 is 12.1 Å². The Hall–Kier alpha value is -1.50. The van der Waals surface area contributed by atoms with E-state index in [9.17, 15) is 15.0 Å². The third-order valence-corrected chi connectivity index (χ3v) is 3.35. The normalized spacial score (nSPS) is 21.2. The maximum absolute atomic E-state index is 10.9. The summed E-state index contributed by atoms with van der Waals surface area (Å²) in [6, 6.07) is 2.36. The van der Waals surface area contributed by atoms with Gasteiger partial charge in [-0.2, -0.15) is 0 Å². The van der Waals surface area contributed by atoms with Crippen molar-refractivity contribution < 1.29 is 15.0 Å². The van der Waals surface area contributed by atoms with E-state index in [1.165, 1.54) is 6.07 Å². The molecule has 0 unspecified atom stereocenters. The van der Waals surface area contributed by atoms with Gasteiger partial charge in [0.05, 0.1) is 11.8 Å². The Morgan fingerprint density at radius 1 is 1.47 bits per heavy atom. The lowest BCUT2D eigenvalue weighted by Gasteiger charge is -2.31. The van der Waals surface area contributed by atoms with Crippen LogP contribution in [-0.4, -0.2) is 29.3 Å². The number of amides is 2. The zero-order valence-corrected chi connectivity index (χ0v) is 11.3. The minimum absolute atomic E-state index is 0. The van der Waals surface area contributed by atoms with E-state index in [1.807, 2.05) is 0 Å². The number of anilines is 1. The highest BCUT2D eigenvalue weighted by molar-refractivity contribution is 5.91.